The molecule has 1 amide bonds. The summed E-state index contributed by atoms with van der Waals surface area (Å²) in [4.78, 5) is 13.2. The van der Waals surface area contributed by atoms with Gasteiger partial charge in [-0.25, -0.2) is 0 Å². The zero-order chi connectivity index (χ0) is 19.2. The number of carbonyl (C=O) groups excluding carboxylic acids is 1. The summed E-state index contributed by atoms with van der Waals surface area (Å²) >= 11 is 1.41. The third-order valence-corrected chi connectivity index (χ3v) is 5.03. The lowest BCUT2D eigenvalue weighted by atomic mass is 10.1. The third-order valence-electron chi connectivity index (χ3n) is 4.05. The molecular weight excluding hydrogens is 358 g/mol. The largest absolute Gasteiger partial charge is 0.490 e. The van der Waals surface area contributed by atoms with E-state index in [0.29, 0.717) is 23.8 Å². The fourth-order valence-electron chi connectivity index (χ4n) is 2.71. The van der Waals surface area contributed by atoms with Gasteiger partial charge in [-0.15, -0.1) is 11.3 Å². The highest BCUT2D eigenvalue weighted by molar-refractivity contribution is 7.12. The van der Waals surface area contributed by atoms with Crippen molar-refractivity contribution in [3.63, 3.8) is 0 Å². The van der Waals surface area contributed by atoms with Crippen LogP contribution in [0.5, 0.6) is 11.5 Å². The maximum atomic E-state index is 12.5. The topological polar surface area (TPSA) is 47.6 Å². The average Bonchev–Trinajstić information content (AvgIpc) is 3.13. The third kappa shape index (κ3) is 4.89. The number of amides is 1. The van der Waals surface area contributed by atoms with E-state index in [1.54, 1.807) is 0 Å². The molecule has 0 aliphatic carbocycles. The number of anilines is 1. The maximum Gasteiger partial charge on any atom is 0.265 e. The summed E-state index contributed by atoms with van der Waals surface area (Å²) < 4.78 is 11.4. The molecule has 0 atom stereocenters. The minimum absolute atomic E-state index is 0.104. The lowest BCUT2D eigenvalue weighted by Crippen LogP contribution is -2.11. The van der Waals surface area contributed by atoms with Gasteiger partial charge in [0.1, 0.15) is 6.61 Å². The number of hydrogen-bond donors (Lipinski definition) is 1. The highest BCUT2D eigenvalue weighted by Crippen LogP contribution is 2.28. The summed E-state index contributed by atoms with van der Waals surface area (Å²) in [5.74, 6) is 1.32. The van der Waals surface area contributed by atoms with E-state index in [-0.39, 0.29) is 5.91 Å². The molecule has 27 heavy (non-hydrogen) atoms. The Morgan fingerprint density at radius 3 is 2.48 bits per heavy atom. The predicted molar refractivity (Wildman–Crippen MR) is 110 cm³/mol. The van der Waals surface area contributed by atoms with E-state index in [4.69, 9.17) is 9.47 Å². The van der Waals surface area contributed by atoms with Gasteiger partial charge in [-0.2, -0.15) is 0 Å². The summed E-state index contributed by atoms with van der Waals surface area (Å²) in [7, 11) is 0. The molecule has 5 heteroatoms. The first-order valence-corrected chi connectivity index (χ1v) is 9.75. The van der Waals surface area contributed by atoms with Crippen LogP contribution in [0.2, 0.25) is 0 Å². The molecular formula is C22H23NO3S. The number of nitrogens with one attached hydrogen (secondary N) is 1. The average molecular weight is 381 g/mol. The van der Waals surface area contributed by atoms with E-state index >= 15 is 0 Å². The van der Waals surface area contributed by atoms with Crippen LogP contribution in [-0.2, 0) is 6.61 Å². The number of ether oxygens (including phenoxy) is 2. The SMILES string of the molecule is CCOc1ccccc1OCc1csc(C(=O)Nc2ccc(C)cc2C)c1. The predicted octanol–water partition coefficient (Wildman–Crippen LogP) is 5.59. The van der Waals surface area contributed by atoms with Crippen molar-refractivity contribution >= 4 is 22.9 Å². The van der Waals surface area contributed by atoms with Crippen LogP contribution < -0.4 is 14.8 Å². The smallest absolute Gasteiger partial charge is 0.265 e. The quantitative estimate of drug-likeness (QED) is 0.580. The second-order valence-corrected chi connectivity index (χ2v) is 7.17. The van der Waals surface area contributed by atoms with Crippen LogP contribution in [0.1, 0.15) is 33.3 Å². The molecule has 1 N–H and O–H groups in total. The highest BCUT2D eigenvalue weighted by Gasteiger charge is 2.12. The van der Waals surface area contributed by atoms with E-state index in [9.17, 15) is 4.79 Å². The molecule has 3 aromatic rings. The van der Waals surface area contributed by atoms with Gasteiger partial charge in [0.05, 0.1) is 11.5 Å². The summed E-state index contributed by atoms with van der Waals surface area (Å²) in [6.45, 7) is 6.94. The van der Waals surface area contributed by atoms with Crippen LogP contribution in [0.3, 0.4) is 0 Å². The Morgan fingerprint density at radius 1 is 1.04 bits per heavy atom. The fourth-order valence-corrected chi connectivity index (χ4v) is 3.51. The highest BCUT2D eigenvalue weighted by atomic mass is 32.1. The minimum atomic E-state index is -0.104. The maximum absolute atomic E-state index is 12.5. The van der Waals surface area contributed by atoms with Gasteiger partial charge in [0, 0.05) is 11.3 Å². The first-order chi connectivity index (χ1) is 13.1. The standard InChI is InChI=1S/C22H23NO3S/c1-4-25-19-7-5-6-8-20(19)26-13-17-12-21(27-14-17)22(24)23-18-10-9-15(2)11-16(18)3/h5-12,14H,4,13H2,1-3H3,(H,23,24). The molecule has 0 unspecified atom stereocenters. The number of benzene rings is 2. The van der Waals surface area contributed by atoms with Gasteiger partial charge in [-0.3, -0.25) is 4.79 Å². The first-order valence-electron chi connectivity index (χ1n) is 8.87. The Kier molecular flexibility index (Phi) is 6.14. The Bertz CT molecular complexity index is 933. The molecule has 1 aromatic heterocycles. The number of aryl methyl sites for hydroxylation is 2. The van der Waals surface area contributed by atoms with E-state index in [0.717, 1.165) is 22.6 Å². The van der Waals surface area contributed by atoms with Crippen molar-refractivity contribution in [2.45, 2.75) is 27.4 Å². The molecule has 140 valence electrons. The second kappa shape index (κ2) is 8.73. The molecule has 0 saturated heterocycles. The molecule has 1 heterocycles. The number of rotatable bonds is 7. The molecule has 0 radical (unpaired) electrons. The molecule has 0 bridgehead atoms. The van der Waals surface area contributed by atoms with Gasteiger partial charge in [0.15, 0.2) is 11.5 Å². The van der Waals surface area contributed by atoms with E-state index in [1.165, 1.54) is 16.9 Å². The van der Waals surface area contributed by atoms with Crippen molar-refractivity contribution in [1.82, 2.24) is 0 Å². The van der Waals surface area contributed by atoms with Gasteiger partial charge in [-0.05, 0) is 56.0 Å². The van der Waals surface area contributed by atoms with E-state index < -0.39 is 0 Å². The van der Waals surface area contributed by atoms with E-state index in [1.807, 2.05) is 68.6 Å². The van der Waals surface area contributed by atoms with Crippen LogP contribution in [0, 0.1) is 13.8 Å². The summed E-state index contributed by atoms with van der Waals surface area (Å²) in [6, 6.07) is 15.4. The van der Waals surface area contributed by atoms with Crippen LogP contribution in [0.25, 0.3) is 0 Å². The van der Waals surface area contributed by atoms with Gasteiger partial charge < -0.3 is 14.8 Å². The van der Waals surface area contributed by atoms with Gasteiger partial charge in [-0.1, -0.05) is 29.8 Å². The number of hydrogen-bond acceptors (Lipinski definition) is 4. The first kappa shape index (κ1) is 19.0. The second-order valence-electron chi connectivity index (χ2n) is 6.26. The van der Waals surface area contributed by atoms with Crippen LogP contribution in [-0.4, -0.2) is 12.5 Å². The lowest BCUT2D eigenvalue weighted by molar-refractivity contribution is 0.103. The Morgan fingerprint density at radius 2 is 1.78 bits per heavy atom. The molecule has 0 fully saturated rings. The summed E-state index contributed by atoms with van der Waals surface area (Å²) in [5.41, 5.74) is 4.02. The Hall–Kier alpha value is -2.79. The molecule has 0 aliphatic rings. The molecule has 0 saturated carbocycles. The number of carbonyl (C=O) groups is 1. The summed E-state index contributed by atoms with van der Waals surface area (Å²) in [5, 5.41) is 4.92. The minimum Gasteiger partial charge on any atom is -0.490 e. The van der Waals surface area contributed by atoms with Crippen molar-refractivity contribution in [3.8, 4) is 11.5 Å². The van der Waals surface area contributed by atoms with Gasteiger partial charge in [0.25, 0.3) is 5.91 Å². The van der Waals surface area contributed by atoms with Crippen molar-refractivity contribution in [3.05, 3.63) is 75.5 Å². The van der Waals surface area contributed by atoms with Crippen molar-refractivity contribution < 1.29 is 14.3 Å². The van der Waals surface area contributed by atoms with Crippen molar-refractivity contribution in [1.29, 1.82) is 0 Å². The van der Waals surface area contributed by atoms with Crippen molar-refractivity contribution in [2.24, 2.45) is 0 Å². The lowest BCUT2D eigenvalue weighted by Gasteiger charge is -2.10. The van der Waals surface area contributed by atoms with E-state index in [2.05, 4.69) is 11.4 Å². The Balaban J connectivity index is 1.63. The fraction of sp³-hybridized carbons (Fsp3) is 0.227. The monoisotopic (exact) mass is 381 g/mol. The molecule has 0 spiro atoms. The van der Waals surface area contributed by atoms with Gasteiger partial charge >= 0.3 is 0 Å². The molecule has 0 aliphatic heterocycles. The molecule has 3 rings (SSSR count). The van der Waals surface area contributed by atoms with Crippen LogP contribution in [0.4, 0.5) is 5.69 Å². The van der Waals surface area contributed by atoms with Crippen LogP contribution >= 0.6 is 11.3 Å². The Labute approximate surface area is 163 Å². The van der Waals surface area contributed by atoms with Crippen molar-refractivity contribution in [2.75, 3.05) is 11.9 Å². The van der Waals surface area contributed by atoms with Gasteiger partial charge in [0.2, 0.25) is 0 Å². The summed E-state index contributed by atoms with van der Waals surface area (Å²) in [6.07, 6.45) is 0. The number of thiophene rings is 1. The number of para-hydroxylation sites is 2. The van der Waals surface area contributed by atoms with Crippen LogP contribution in [0.15, 0.2) is 53.9 Å². The zero-order valence-corrected chi connectivity index (χ0v) is 16.6. The molecule has 4 nitrogen and oxygen atoms in total. The zero-order valence-electron chi connectivity index (χ0n) is 15.7. The normalized spacial score (nSPS) is 10.5. The molecule has 2 aromatic carbocycles.